The summed E-state index contributed by atoms with van der Waals surface area (Å²) in [6, 6.07) is 26.2. The molecule has 0 aliphatic carbocycles. The lowest BCUT2D eigenvalue weighted by molar-refractivity contribution is -0.140. The first-order chi connectivity index (χ1) is 21.4. The van der Waals surface area contributed by atoms with Gasteiger partial charge in [-0.05, 0) is 74.9 Å². The van der Waals surface area contributed by atoms with E-state index in [1.54, 1.807) is 54.6 Å². The highest BCUT2D eigenvalue weighted by Crippen LogP contribution is 2.29. The fourth-order valence-electron chi connectivity index (χ4n) is 4.76. The maximum Gasteiger partial charge on any atom is 0.264 e. The second kappa shape index (κ2) is 15.3. The molecule has 0 spiro atoms. The first-order valence-corrected chi connectivity index (χ1v) is 17.3. The molecule has 0 aromatic heterocycles. The number of benzene rings is 4. The number of aryl methyl sites for hydroxylation is 1. The van der Waals surface area contributed by atoms with E-state index in [1.165, 1.54) is 17.0 Å². The molecule has 1 atom stereocenters. The van der Waals surface area contributed by atoms with Gasteiger partial charge in [-0.15, -0.1) is 0 Å². The van der Waals surface area contributed by atoms with Crippen molar-refractivity contribution in [2.45, 2.75) is 50.7 Å². The Morgan fingerprint density at radius 2 is 1.44 bits per heavy atom. The molecule has 236 valence electrons. The summed E-state index contributed by atoms with van der Waals surface area (Å²) in [6.45, 7) is 4.81. The van der Waals surface area contributed by atoms with Gasteiger partial charge in [0, 0.05) is 39.1 Å². The molecule has 4 aromatic rings. The lowest BCUT2D eigenvalue weighted by atomic mass is 10.0. The van der Waals surface area contributed by atoms with Gasteiger partial charge < -0.3 is 10.2 Å². The van der Waals surface area contributed by atoms with Gasteiger partial charge in [-0.25, -0.2) is 8.42 Å². The zero-order valence-corrected chi connectivity index (χ0v) is 29.0. The van der Waals surface area contributed by atoms with Crippen molar-refractivity contribution in [3.8, 4) is 0 Å². The average Bonchev–Trinajstić information content (AvgIpc) is 2.99. The van der Waals surface area contributed by atoms with Crippen LogP contribution in [0.3, 0.4) is 0 Å². The fraction of sp³-hybridized carbons (Fsp3) is 0.235. The number of carbonyl (C=O) groups is 2. The molecule has 0 saturated heterocycles. The van der Waals surface area contributed by atoms with E-state index in [9.17, 15) is 18.0 Å². The van der Waals surface area contributed by atoms with Gasteiger partial charge in [0.1, 0.15) is 12.6 Å². The minimum Gasteiger partial charge on any atom is -0.352 e. The Hall–Kier alpha value is -3.37. The quantitative estimate of drug-likeness (QED) is 0.164. The highest BCUT2D eigenvalue weighted by atomic mass is 79.9. The number of sulfonamides is 1. The molecular weight excluding hydrogens is 697 g/mol. The van der Waals surface area contributed by atoms with Crippen molar-refractivity contribution in [1.29, 1.82) is 0 Å². The molecule has 4 aromatic carbocycles. The van der Waals surface area contributed by atoms with Gasteiger partial charge in [0.15, 0.2) is 0 Å². The minimum absolute atomic E-state index is 0.0305. The lowest BCUT2D eigenvalue weighted by Crippen LogP contribution is -2.54. The summed E-state index contributed by atoms with van der Waals surface area (Å²) in [4.78, 5) is 29.7. The van der Waals surface area contributed by atoms with Gasteiger partial charge >= 0.3 is 0 Å². The van der Waals surface area contributed by atoms with E-state index in [-0.39, 0.29) is 35.5 Å². The minimum atomic E-state index is -4.21. The van der Waals surface area contributed by atoms with Crippen molar-refractivity contribution in [2.24, 2.45) is 0 Å². The molecule has 7 nitrogen and oxygen atoms in total. The summed E-state index contributed by atoms with van der Waals surface area (Å²) in [7, 11) is -4.21. The SMILES string of the molecule is Cc1ccc(S(=O)(=O)N(CC(=O)N(Cc2c(Cl)cccc2Cl)[C@@H](Cc2ccccc2)C(=O)NC(C)C)c2ccc(Br)cc2)cc1. The summed E-state index contributed by atoms with van der Waals surface area (Å²) in [5, 5.41) is 3.57. The lowest BCUT2D eigenvalue weighted by Gasteiger charge is -2.34. The molecule has 0 aliphatic rings. The third-order valence-corrected chi connectivity index (χ3v) is 10.1. The smallest absolute Gasteiger partial charge is 0.264 e. The predicted octanol–water partition coefficient (Wildman–Crippen LogP) is 7.42. The Morgan fingerprint density at radius 1 is 0.844 bits per heavy atom. The fourth-order valence-corrected chi connectivity index (χ4v) is 6.96. The Morgan fingerprint density at radius 3 is 2.02 bits per heavy atom. The Bertz CT molecular complexity index is 1720. The zero-order valence-electron chi connectivity index (χ0n) is 25.1. The number of rotatable bonds is 12. The van der Waals surface area contributed by atoms with Gasteiger partial charge in [-0.3, -0.25) is 13.9 Å². The Labute approximate surface area is 283 Å². The predicted molar refractivity (Wildman–Crippen MR) is 184 cm³/mol. The number of hydrogen-bond acceptors (Lipinski definition) is 4. The number of halogens is 3. The first kappa shape index (κ1) is 34.5. The van der Waals surface area contributed by atoms with E-state index in [2.05, 4.69) is 21.2 Å². The average molecular weight is 732 g/mol. The van der Waals surface area contributed by atoms with Gasteiger partial charge in [0.2, 0.25) is 11.8 Å². The molecule has 0 bridgehead atoms. The summed E-state index contributed by atoms with van der Waals surface area (Å²) < 4.78 is 30.0. The first-order valence-electron chi connectivity index (χ1n) is 14.3. The van der Waals surface area contributed by atoms with Crippen LogP contribution in [0.5, 0.6) is 0 Å². The molecule has 4 rings (SSSR count). The molecule has 2 amide bonds. The molecule has 0 unspecified atom stereocenters. The number of carbonyl (C=O) groups excluding carboxylic acids is 2. The monoisotopic (exact) mass is 729 g/mol. The maximum atomic E-state index is 14.5. The van der Waals surface area contributed by atoms with Crippen molar-refractivity contribution < 1.29 is 18.0 Å². The summed E-state index contributed by atoms with van der Waals surface area (Å²) in [5.41, 5.74) is 2.44. The van der Waals surface area contributed by atoms with Crippen molar-refractivity contribution in [3.05, 3.63) is 128 Å². The number of nitrogens with zero attached hydrogens (tertiary/aromatic N) is 2. The molecule has 0 aliphatic heterocycles. The van der Waals surface area contributed by atoms with Crippen LogP contribution in [-0.4, -0.2) is 43.8 Å². The highest BCUT2D eigenvalue weighted by molar-refractivity contribution is 9.10. The van der Waals surface area contributed by atoms with Gasteiger partial charge in [0.05, 0.1) is 10.6 Å². The van der Waals surface area contributed by atoms with Crippen molar-refractivity contribution in [1.82, 2.24) is 10.2 Å². The summed E-state index contributed by atoms with van der Waals surface area (Å²) >= 11 is 16.5. The molecule has 0 fully saturated rings. The van der Waals surface area contributed by atoms with Crippen LogP contribution in [0.15, 0.2) is 106 Å². The number of anilines is 1. The van der Waals surface area contributed by atoms with Crippen LogP contribution in [-0.2, 0) is 32.6 Å². The van der Waals surface area contributed by atoms with Crippen LogP contribution in [0.4, 0.5) is 5.69 Å². The largest absolute Gasteiger partial charge is 0.352 e. The molecule has 0 heterocycles. The summed E-state index contributed by atoms with van der Waals surface area (Å²) in [5.74, 6) is -0.994. The molecule has 45 heavy (non-hydrogen) atoms. The molecule has 11 heteroatoms. The third kappa shape index (κ3) is 8.88. The standard InChI is InChI=1S/C34H34BrCl2N3O4S/c1-23(2)38-34(42)32(20-25-8-5-4-6-9-25)39(21-29-30(36)10-7-11-31(29)37)33(41)22-40(27-16-14-26(35)15-17-27)45(43,44)28-18-12-24(3)13-19-28/h4-19,23,32H,20-22H2,1-3H3,(H,38,42)/t32-/m0/s1. The zero-order chi connectivity index (χ0) is 32.7. The van der Waals surface area contributed by atoms with E-state index in [0.29, 0.717) is 15.6 Å². The molecular formula is C34H34BrCl2N3O4S. The van der Waals surface area contributed by atoms with Crippen molar-refractivity contribution in [3.63, 3.8) is 0 Å². The van der Waals surface area contributed by atoms with Crippen molar-refractivity contribution in [2.75, 3.05) is 10.8 Å². The van der Waals surface area contributed by atoms with Crippen LogP contribution in [0, 0.1) is 6.92 Å². The molecule has 0 radical (unpaired) electrons. The van der Waals surface area contributed by atoms with E-state index in [4.69, 9.17) is 23.2 Å². The summed E-state index contributed by atoms with van der Waals surface area (Å²) in [6.07, 6.45) is 0.177. The Kier molecular flexibility index (Phi) is 11.7. The number of amides is 2. The molecule has 1 N–H and O–H groups in total. The third-order valence-electron chi connectivity index (χ3n) is 7.09. The van der Waals surface area contributed by atoms with E-state index >= 15 is 0 Å². The van der Waals surface area contributed by atoms with Crippen LogP contribution < -0.4 is 9.62 Å². The van der Waals surface area contributed by atoms with E-state index < -0.39 is 28.5 Å². The normalized spacial score (nSPS) is 12.1. The van der Waals surface area contributed by atoms with Crippen LogP contribution in [0.1, 0.15) is 30.5 Å². The second-order valence-corrected chi connectivity index (χ2v) is 14.5. The van der Waals surface area contributed by atoms with Crippen molar-refractivity contribution >= 4 is 66.7 Å². The topological polar surface area (TPSA) is 86.8 Å². The number of hydrogen-bond donors (Lipinski definition) is 1. The van der Waals surface area contributed by atoms with Gasteiger partial charge in [-0.1, -0.05) is 93.2 Å². The second-order valence-electron chi connectivity index (χ2n) is 10.9. The van der Waals surface area contributed by atoms with E-state index in [0.717, 1.165) is 19.9 Å². The van der Waals surface area contributed by atoms with E-state index in [1.807, 2.05) is 51.1 Å². The number of nitrogens with one attached hydrogen (secondary N) is 1. The maximum absolute atomic E-state index is 14.5. The van der Waals surface area contributed by atoms with Crippen LogP contribution >= 0.6 is 39.1 Å². The highest BCUT2D eigenvalue weighted by Gasteiger charge is 2.35. The van der Waals surface area contributed by atoms with Gasteiger partial charge in [0.25, 0.3) is 10.0 Å². The van der Waals surface area contributed by atoms with Crippen LogP contribution in [0.2, 0.25) is 10.0 Å². The Balaban J connectivity index is 1.83. The van der Waals surface area contributed by atoms with Crippen LogP contribution in [0.25, 0.3) is 0 Å². The molecule has 0 saturated carbocycles. The van der Waals surface area contributed by atoms with Gasteiger partial charge in [-0.2, -0.15) is 0 Å².